The second-order valence-electron chi connectivity index (χ2n) is 5.14. The maximum absolute atomic E-state index is 14.0. The van der Waals surface area contributed by atoms with Gasteiger partial charge in [-0.05, 0) is 0 Å². The number of hydrogen-bond acceptors (Lipinski definition) is 0. The zero-order valence-electron chi connectivity index (χ0n) is 12.5. The molecule has 0 saturated carbocycles. The Morgan fingerprint density at radius 3 is 1.41 bits per heavy atom. The van der Waals surface area contributed by atoms with Crippen molar-refractivity contribution in [2.45, 2.75) is 25.7 Å². The van der Waals surface area contributed by atoms with Gasteiger partial charge in [-0.2, -0.15) is 0 Å². The van der Waals surface area contributed by atoms with E-state index < -0.39 is 52.2 Å². The van der Waals surface area contributed by atoms with Gasteiger partial charge >= 0.3 is 132 Å². The fraction of sp³-hybridized carbons (Fsp3) is 0.250. The van der Waals surface area contributed by atoms with Gasteiger partial charge in [-0.15, -0.1) is 0 Å². The van der Waals surface area contributed by atoms with Gasteiger partial charge in [0.25, 0.3) is 0 Å². The molecule has 2 aromatic carbocycles. The summed E-state index contributed by atoms with van der Waals surface area (Å²) in [7, 11) is 0. The van der Waals surface area contributed by atoms with Gasteiger partial charge in [-0.3, -0.25) is 0 Å². The van der Waals surface area contributed by atoms with Crippen molar-refractivity contribution < 1.29 is 22.0 Å². The SMILES string of the molecule is Cc1cc(C)c([Te+](C)c2c(F)c(F)c(F)c(F)c2F)c(C)c1. The molecule has 0 unspecified atom stereocenters. The molecule has 22 heavy (non-hydrogen) atoms. The molecule has 2 aromatic rings. The van der Waals surface area contributed by atoms with E-state index in [0.29, 0.717) is 0 Å². The van der Waals surface area contributed by atoms with Crippen LogP contribution in [0.1, 0.15) is 16.7 Å². The van der Waals surface area contributed by atoms with Gasteiger partial charge in [0, 0.05) is 0 Å². The van der Waals surface area contributed by atoms with Crippen molar-refractivity contribution in [2.75, 3.05) is 0 Å². The number of rotatable bonds is 2. The number of hydrogen-bond donors (Lipinski definition) is 0. The van der Waals surface area contributed by atoms with Crippen molar-refractivity contribution in [3.8, 4) is 0 Å². The number of halogens is 5. The van der Waals surface area contributed by atoms with E-state index in [1.54, 1.807) is 18.8 Å². The molecular formula is C16H14F5Te+. The van der Waals surface area contributed by atoms with E-state index in [1.165, 1.54) is 0 Å². The molecule has 0 aliphatic heterocycles. The van der Waals surface area contributed by atoms with E-state index in [9.17, 15) is 22.0 Å². The van der Waals surface area contributed by atoms with E-state index in [4.69, 9.17) is 0 Å². The Kier molecular flexibility index (Phi) is 4.84. The molecule has 0 N–H and O–H groups in total. The Morgan fingerprint density at radius 2 is 1.00 bits per heavy atom. The van der Waals surface area contributed by atoms with E-state index in [1.807, 2.05) is 19.1 Å². The first-order chi connectivity index (χ1) is 10.2. The molecule has 0 heterocycles. The Bertz CT molecular complexity index is 703. The van der Waals surface area contributed by atoms with Crippen LogP contribution in [0.2, 0.25) is 4.97 Å². The van der Waals surface area contributed by atoms with Crippen molar-refractivity contribution in [2.24, 2.45) is 0 Å². The molecule has 0 aliphatic carbocycles. The summed E-state index contributed by atoms with van der Waals surface area (Å²) < 4.78 is 68.1. The molecule has 0 saturated heterocycles. The molecule has 0 radical (unpaired) electrons. The van der Waals surface area contributed by atoms with Crippen LogP contribution >= 0.6 is 0 Å². The molecule has 0 nitrogen and oxygen atoms in total. The zero-order valence-corrected chi connectivity index (χ0v) is 14.8. The van der Waals surface area contributed by atoms with Crippen LogP contribution in [-0.4, -0.2) is 19.6 Å². The molecule has 6 heteroatoms. The summed E-state index contributed by atoms with van der Waals surface area (Å²) >= 11 is -2.93. The molecule has 0 aliphatic rings. The van der Waals surface area contributed by atoms with Gasteiger partial charge in [0.2, 0.25) is 0 Å². The van der Waals surface area contributed by atoms with Crippen LogP contribution in [0.4, 0.5) is 22.0 Å². The second-order valence-corrected chi connectivity index (χ2v) is 10.4. The first-order valence-corrected chi connectivity index (χ1v) is 11.1. The number of aryl methyl sites for hydroxylation is 3. The Morgan fingerprint density at radius 1 is 0.636 bits per heavy atom. The van der Waals surface area contributed by atoms with Crippen molar-refractivity contribution in [1.29, 1.82) is 0 Å². The predicted molar refractivity (Wildman–Crippen MR) is 77.8 cm³/mol. The van der Waals surface area contributed by atoms with E-state index in [0.717, 1.165) is 20.3 Å². The minimum absolute atomic E-state index is 0.630. The first kappa shape index (κ1) is 17.2. The first-order valence-electron chi connectivity index (χ1n) is 6.42. The van der Waals surface area contributed by atoms with Crippen molar-refractivity contribution in [3.05, 3.63) is 57.9 Å². The Labute approximate surface area is 132 Å². The van der Waals surface area contributed by atoms with Crippen LogP contribution in [0, 0.1) is 49.9 Å². The summed E-state index contributed by atoms with van der Waals surface area (Å²) in [5, 5.41) is 0. The molecule has 118 valence electrons. The molecule has 0 bridgehead atoms. The summed E-state index contributed by atoms with van der Waals surface area (Å²) in [5.74, 6) is -9.25. The molecule has 0 atom stereocenters. The van der Waals surface area contributed by atoms with Crippen LogP contribution < -0.4 is 7.22 Å². The third-order valence-corrected chi connectivity index (χ3v) is 9.74. The fourth-order valence-corrected chi connectivity index (χ4v) is 8.33. The summed E-state index contributed by atoms with van der Waals surface area (Å²) in [4.78, 5) is 1.60. The van der Waals surface area contributed by atoms with Crippen molar-refractivity contribution >= 4 is 26.8 Å². The van der Waals surface area contributed by atoms with Gasteiger partial charge < -0.3 is 0 Å². The summed E-state index contributed by atoms with van der Waals surface area (Å²) in [6, 6.07) is 3.71. The molecule has 0 aromatic heterocycles. The van der Waals surface area contributed by atoms with Crippen molar-refractivity contribution in [3.63, 3.8) is 0 Å². The van der Waals surface area contributed by atoms with E-state index in [2.05, 4.69) is 0 Å². The van der Waals surface area contributed by atoms with Gasteiger partial charge in [-0.25, -0.2) is 0 Å². The van der Waals surface area contributed by atoms with Crippen molar-refractivity contribution in [1.82, 2.24) is 0 Å². The van der Waals surface area contributed by atoms with E-state index >= 15 is 0 Å². The van der Waals surface area contributed by atoms with Gasteiger partial charge in [-0.1, -0.05) is 0 Å². The number of benzene rings is 2. The predicted octanol–water partition coefficient (Wildman–Crippen LogP) is 3.55. The summed E-state index contributed by atoms with van der Waals surface area (Å²) in [6.45, 7) is 5.47. The van der Waals surface area contributed by atoms with Gasteiger partial charge in [0.05, 0.1) is 0 Å². The topological polar surface area (TPSA) is 0 Å². The maximum atomic E-state index is 14.0. The van der Waals surface area contributed by atoms with Crippen LogP contribution in [0.5, 0.6) is 0 Å². The molecular weight excluding hydrogens is 415 g/mol. The second kappa shape index (κ2) is 6.17. The molecule has 0 amide bonds. The standard InChI is InChI=1S/C16H14F5Te/c1-7-5-8(2)15(9(3)6-7)22(4)16-13(20)11(18)10(17)12(19)14(16)21/h5-6H,1-4H3/q+1. The third kappa shape index (κ3) is 2.75. The monoisotopic (exact) mass is 431 g/mol. The average molecular weight is 429 g/mol. The quantitative estimate of drug-likeness (QED) is 0.297. The molecule has 0 fully saturated rings. The normalized spacial score (nSPS) is 11.4. The fourth-order valence-electron chi connectivity index (χ4n) is 2.61. The summed E-state index contributed by atoms with van der Waals surface area (Å²) in [6.07, 6.45) is 0. The van der Waals surface area contributed by atoms with Crippen LogP contribution in [-0.2, 0) is 0 Å². The Balaban J connectivity index is 2.73. The third-order valence-electron chi connectivity index (χ3n) is 3.39. The molecule has 0 spiro atoms. The van der Waals surface area contributed by atoms with Gasteiger partial charge in [0.15, 0.2) is 0 Å². The zero-order chi connectivity index (χ0) is 16.8. The Hall–Kier alpha value is -1.12. The van der Waals surface area contributed by atoms with Gasteiger partial charge in [0.1, 0.15) is 0 Å². The minimum atomic E-state index is -2.93. The summed E-state index contributed by atoms with van der Waals surface area (Å²) in [5.41, 5.74) is 2.63. The van der Waals surface area contributed by atoms with Crippen LogP contribution in [0.15, 0.2) is 12.1 Å². The molecule has 2 rings (SSSR count). The van der Waals surface area contributed by atoms with Crippen LogP contribution in [0.3, 0.4) is 0 Å². The van der Waals surface area contributed by atoms with Crippen LogP contribution in [0.25, 0.3) is 0 Å². The average Bonchev–Trinajstić information content (AvgIpc) is 2.42. The van der Waals surface area contributed by atoms with E-state index in [-0.39, 0.29) is 0 Å².